The summed E-state index contributed by atoms with van der Waals surface area (Å²) in [5, 5.41) is 0. The van der Waals surface area contributed by atoms with Crippen LogP contribution in [-0.4, -0.2) is 27.0 Å². The molecule has 0 heterocycles. The summed E-state index contributed by atoms with van der Waals surface area (Å²) in [6.07, 6.45) is 2.30. The van der Waals surface area contributed by atoms with Crippen LogP contribution < -0.4 is 0 Å². The fourth-order valence-corrected chi connectivity index (χ4v) is 1.78. The highest BCUT2D eigenvalue weighted by Crippen LogP contribution is 2.37. The van der Waals surface area contributed by atoms with Crippen LogP contribution in [0.2, 0.25) is 0 Å². The molecule has 0 spiro atoms. The number of esters is 1. The summed E-state index contributed by atoms with van der Waals surface area (Å²) in [5.74, 6) is -1.99. The number of ether oxygens (including phenoxy) is 1. The Hall–Kier alpha value is -1.25. The predicted octanol–water partition coefficient (Wildman–Crippen LogP) is 1.71. The zero-order valence-corrected chi connectivity index (χ0v) is 10.2. The van der Waals surface area contributed by atoms with Crippen molar-refractivity contribution in [2.45, 2.75) is 24.8 Å². The molecule has 0 N–H and O–H groups in total. The van der Waals surface area contributed by atoms with E-state index in [9.17, 15) is 26.4 Å². The van der Waals surface area contributed by atoms with E-state index in [2.05, 4.69) is 8.92 Å². The molecule has 0 bridgehead atoms. The fraction of sp³-hybridized carbons (Fsp3) is 0.667. The van der Waals surface area contributed by atoms with Crippen LogP contribution in [0.5, 0.6) is 0 Å². The van der Waals surface area contributed by atoms with Crippen molar-refractivity contribution >= 4 is 16.1 Å². The first kappa shape index (κ1) is 14.8. The molecule has 0 aromatic rings. The first-order chi connectivity index (χ1) is 8.17. The minimum absolute atomic E-state index is 0.468. The van der Waals surface area contributed by atoms with Gasteiger partial charge in [0.2, 0.25) is 0 Å². The van der Waals surface area contributed by atoms with Gasteiger partial charge in [-0.05, 0) is 12.8 Å². The van der Waals surface area contributed by atoms with Crippen molar-refractivity contribution in [3.8, 4) is 0 Å². The lowest BCUT2D eigenvalue weighted by Crippen LogP contribution is -2.28. The number of rotatable bonds is 4. The molecule has 0 saturated heterocycles. The molecule has 1 saturated carbocycles. The summed E-state index contributed by atoms with van der Waals surface area (Å²) in [7, 11) is -4.72. The second kappa shape index (κ2) is 5.17. The Balaban J connectivity index is 2.93. The van der Waals surface area contributed by atoms with Gasteiger partial charge in [-0.1, -0.05) is 6.42 Å². The van der Waals surface area contributed by atoms with Gasteiger partial charge in [0.25, 0.3) is 0 Å². The molecular formula is C9H11F3O5S. The second-order valence-corrected chi connectivity index (χ2v) is 5.22. The van der Waals surface area contributed by atoms with Gasteiger partial charge in [-0.15, -0.1) is 0 Å². The lowest BCUT2D eigenvalue weighted by molar-refractivity contribution is -0.135. The van der Waals surface area contributed by atoms with Gasteiger partial charge in [0.15, 0.2) is 0 Å². The van der Waals surface area contributed by atoms with E-state index in [1.165, 1.54) is 0 Å². The number of hydrogen-bond donors (Lipinski definition) is 0. The Kier molecular flexibility index (Phi) is 4.25. The van der Waals surface area contributed by atoms with Gasteiger partial charge in [0, 0.05) is 5.92 Å². The molecule has 1 rings (SSSR count). The van der Waals surface area contributed by atoms with Gasteiger partial charge in [-0.25, -0.2) is 4.79 Å². The minimum atomic E-state index is -5.75. The van der Waals surface area contributed by atoms with Crippen molar-refractivity contribution in [3.63, 3.8) is 0 Å². The fourth-order valence-electron chi connectivity index (χ4n) is 1.25. The quantitative estimate of drug-likeness (QED) is 0.259. The molecule has 1 aliphatic rings. The zero-order chi connectivity index (χ0) is 14.0. The van der Waals surface area contributed by atoms with Crippen LogP contribution in [0.4, 0.5) is 13.2 Å². The van der Waals surface area contributed by atoms with Crippen molar-refractivity contribution in [3.05, 3.63) is 11.8 Å². The van der Waals surface area contributed by atoms with Gasteiger partial charge in [-0.2, -0.15) is 21.6 Å². The van der Waals surface area contributed by atoms with Crippen LogP contribution in [0.3, 0.4) is 0 Å². The summed E-state index contributed by atoms with van der Waals surface area (Å²) in [6, 6.07) is 0. The van der Waals surface area contributed by atoms with Gasteiger partial charge in [0.05, 0.1) is 13.2 Å². The lowest BCUT2D eigenvalue weighted by Gasteiger charge is -2.27. The topological polar surface area (TPSA) is 69.7 Å². The van der Waals surface area contributed by atoms with Crippen LogP contribution in [0, 0.1) is 5.92 Å². The summed E-state index contributed by atoms with van der Waals surface area (Å²) in [5.41, 5.74) is -5.52. The van der Waals surface area contributed by atoms with Gasteiger partial charge in [0.1, 0.15) is 5.76 Å². The normalized spacial score (nSPS) is 18.1. The Bertz CT molecular complexity index is 447. The molecule has 5 nitrogen and oxygen atoms in total. The average Bonchev–Trinajstić information content (AvgIpc) is 2.12. The Morgan fingerprint density at radius 3 is 2.22 bits per heavy atom. The molecule has 0 atom stereocenters. The maximum Gasteiger partial charge on any atom is 0.534 e. The number of halogens is 3. The first-order valence-electron chi connectivity index (χ1n) is 4.97. The minimum Gasteiger partial charge on any atom is -0.466 e. The molecule has 0 aromatic carbocycles. The third kappa shape index (κ3) is 3.37. The highest BCUT2D eigenvalue weighted by Gasteiger charge is 2.49. The standard InChI is InChI=1S/C9H11F3O5S/c1-16-8(13)5-7(6-3-2-4-6)17-18(14,15)9(10,11)12/h5-6H,2-4H2,1H3/b7-5-. The molecule has 1 aliphatic carbocycles. The number of hydrogen-bond acceptors (Lipinski definition) is 5. The number of allylic oxidation sites excluding steroid dienone is 1. The number of carbonyl (C=O) groups is 1. The highest BCUT2D eigenvalue weighted by atomic mass is 32.2. The number of alkyl halides is 3. The molecule has 104 valence electrons. The van der Waals surface area contributed by atoms with Crippen molar-refractivity contribution in [1.29, 1.82) is 0 Å². The summed E-state index contributed by atoms with van der Waals surface area (Å²) in [6.45, 7) is 0. The second-order valence-electron chi connectivity index (χ2n) is 3.68. The monoisotopic (exact) mass is 288 g/mol. The van der Waals surface area contributed by atoms with Crippen LogP contribution in [0.1, 0.15) is 19.3 Å². The maximum absolute atomic E-state index is 12.1. The molecule has 0 unspecified atom stereocenters. The van der Waals surface area contributed by atoms with E-state index in [4.69, 9.17) is 0 Å². The summed E-state index contributed by atoms with van der Waals surface area (Å²) < 4.78 is 66.3. The third-order valence-corrected chi connectivity index (χ3v) is 3.44. The third-order valence-electron chi connectivity index (χ3n) is 2.46. The van der Waals surface area contributed by atoms with Crippen molar-refractivity contribution in [2.24, 2.45) is 5.92 Å². The Labute approximate surface area is 102 Å². The highest BCUT2D eigenvalue weighted by molar-refractivity contribution is 7.87. The van der Waals surface area contributed by atoms with E-state index < -0.39 is 33.3 Å². The molecule has 9 heteroatoms. The van der Waals surface area contributed by atoms with Crippen molar-refractivity contribution in [1.82, 2.24) is 0 Å². The smallest absolute Gasteiger partial charge is 0.466 e. The van der Waals surface area contributed by atoms with E-state index >= 15 is 0 Å². The molecule has 18 heavy (non-hydrogen) atoms. The molecule has 0 aliphatic heterocycles. The van der Waals surface area contributed by atoms with Crippen LogP contribution in [-0.2, 0) is 23.8 Å². The van der Waals surface area contributed by atoms with Crippen molar-refractivity contribution in [2.75, 3.05) is 7.11 Å². The van der Waals surface area contributed by atoms with Crippen molar-refractivity contribution < 1.29 is 35.3 Å². The van der Waals surface area contributed by atoms with Crippen LogP contribution in [0.25, 0.3) is 0 Å². The van der Waals surface area contributed by atoms with E-state index in [1.54, 1.807) is 0 Å². The number of carbonyl (C=O) groups excluding carboxylic acids is 1. The Morgan fingerprint density at radius 1 is 1.33 bits per heavy atom. The summed E-state index contributed by atoms with van der Waals surface area (Å²) >= 11 is 0. The maximum atomic E-state index is 12.1. The average molecular weight is 288 g/mol. The van der Waals surface area contributed by atoms with E-state index in [-0.39, 0.29) is 0 Å². The molecule has 0 radical (unpaired) electrons. The van der Waals surface area contributed by atoms with E-state index in [0.29, 0.717) is 18.9 Å². The SMILES string of the molecule is COC(=O)/C=C(\OS(=O)(=O)C(F)(F)F)C1CCC1. The van der Waals surface area contributed by atoms with E-state index in [1.807, 2.05) is 0 Å². The predicted molar refractivity (Wildman–Crippen MR) is 53.5 cm³/mol. The molecule has 0 amide bonds. The van der Waals surface area contributed by atoms with Gasteiger partial charge in [-0.3, -0.25) is 0 Å². The van der Waals surface area contributed by atoms with Crippen LogP contribution in [0.15, 0.2) is 11.8 Å². The first-order valence-corrected chi connectivity index (χ1v) is 6.38. The molecule has 0 aromatic heterocycles. The molecular weight excluding hydrogens is 277 g/mol. The largest absolute Gasteiger partial charge is 0.534 e. The Morgan fingerprint density at radius 2 is 1.89 bits per heavy atom. The summed E-state index contributed by atoms with van der Waals surface area (Å²) in [4.78, 5) is 10.9. The number of methoxy groups -OCH3 is 1. The zero-order valence-electron chi connectivity index (χ0n) is 9.36. The van der Waals surface area contributed by atoms with E-state index in [0.717, 1.165) is 13.5 Å². The lowest BCUT2D eigenvalue weighted by atomic mass is 9.84. The van der Waals surface area contributed by atoms with Crippen LogP contribution >= 0.6 is 0 Å². The van der Waals surface area contributed by atoms with Gasteiger partial charge < -0.3 is 8.92 Å². The molecule has 1 fully saturated rings. The van der Waals surface area contributed by atoms with Gasteiger partial charge >= 0.3 is 21.6 Å².